The van der Waals surface area contributed by atoms with E-state index >= 15 is 0 Å². The van der Waals surface area contributed by atoms with Crippen LogP contribution in [0.3, 0.4) is 0 Å². The SMILES string of the molecule is COc1cc(OC)nc(N2CC3CN(C(=O)c4cc(C)ccc4-c4cn[nH]n4)CC3C2)n1. The molecule has 2 aliphatic rings. The molecule has 0 saturated carbocycles. The zero-order valence-electron chi connectivity index (χ0n) is 18.3. The maximum atomic E-state index is 13.5. The number of fused-ring (bicyclic) bond motifs is 1. The van der Waals surface area contributed by atoms with E-state index in [1.807, 2.05) is 30.0 Å². The maximum Gasteiger partial charge on any atom is 0.254 e. The normalized spacial score (nSPS) is 19.8. The third-order valence-electron chi connectivity index (χ3n) is 6.24. The van der Waals surface area contributed by atoms with Crippen LogP contribution in [0.2, 0.25) is 0 Å². The van der Waals surface area contributed by atoms with Crippen LogP contribution >= 0.6 is 0 Å². The van der Waals surface area contributed by atoms with Gasteiger partial charge in [-0.2, -0.15) is 25.4 Å². The molecule has 2 saturated heterocycles. The number of ether oxygens (including phenoxy) is 2. The summed E-state index contributed by atoms with van der Waals surface area (Å²) in [6.07, 6.45) is 1.64. The molecule has 0 radical (unpaired) electrons. The van der Waals surface area contributed by atoms with E-state index in [1.165, 1.54) is 0 Å². The molecule has 3 aromatic rings. The second kappa shape index (κ2) is 8.10. The molecule has 2 fully saturated rings. The zero-order chi connectivity index (χ0) is 22.2. The van der Waals surface area contributed by atoms with Gasteiger partial charge >= 0.3 is 0 Å². The first-order valence-corrected chi connectivity index (χ1v) is 10.5. The Hall–Kier alpha value is -3.69. The highest BCUT2D eigenvalue weighted by atomic mass is 16.5. The summed E-state index contributed by atoms with van der Waals surface area (Å²) in [7, 11) is 3.15. The molecule has 5 rings (SSSR count). The average molecular weight is 435 g/mol. The standard InChI is InChI=1S/C22H25N7O3/c1-13-4-5-16(18-8-23-27-26-18)17(6-13)21(30)28-9-14-11-29(12-15(14)10-28)22-24-19(31-2)7-20(25-22)32-3/h4-8,14-15H,9-12H2,1-3H3,(H,23,26,27). The van der Waals surface area contributed by atoms with Crippen molar-refractivity contribution >= 4 is 11.9 Å². The number of amides is 1. The van der Waals surface area contributed by atoms with E-state index in [9.17, 15) is 4.79 Å². The number of hydrogen-bond acceptors (Lipinski definition) is 8. The number of benzene rings is 1. The van der Waals surface area contributed by atoms with Crippen molar-refractivity contribution in [2.24, 2.45) is 11.8 Å². The molecule has 1 amide bonds. The minimum Gasteiger partial charge on any atom is -0.481 e. The molecule has 2 aliphatic heterocycles. The molecule has 0 aliphatic carbocycles. The first kappa shape index (κ1) is 20.2. The van der Waals surface area contributed by atoms with Crippen molar-refractivity contribution in [1.82, 2.24) is 30.3 Å². The fraction of sp³-hybridized carbons (Fsp3) is 0.409. The Bertz CT molecular complexity index is 1100. The first-order valence-electron chi connectivity index (χ1n) is 10.5. The number of hydrogen-bond donors (Lipinski definition) is 1. The smallest absolute Gasteiger partial charge is 0.254 e. The number of aromatic nitrogens is 5. The van der Waals surface area contributed by atoms with Crippen LogP contribution in [-0.2, 0) is 0 Å². The van der Waals surface area contributed by atoms with Crippen LogP contribution in [0.5, 0.6) is 11.8 Å². The summed E-state index contributed by atoms with van der Waals surface area (Å²) < 4.78 is 10.6. The molecular weight excluding hydrogens is 410 g/mol. The van der Waals surface area contributed by atoms with Gasteiger partial charge in [-0.15, -0.1) is 0 Å². The van der Waals surface area contributed by atoms with Crippen LogP contribution in [0.25, 0.3) is 11.3 Å². The minimum atomic E-state index is 0.0342. The van der Waals surface area contributed by atoms with Crippen molar-refractivity contribution in [2.45, 2.75) is 6.92 Å². The van der Waals surface area contributed by atoms with Gasteiger partial charge in [-0.25, -0.2) is 0 Å². The number of nitrogens with zero attached hydrogens (tertiary/aromatic N) is 6. The highest BCUT2D eigenvalue weighted by Crippen LogP contribution is 2.35. The quantitative estimate of drug-likeness (QED) is 0.646. The lowest BCUT2D eigenvalue weighted by molar-refractivity contribution is 0.0783. The number of carbonyl (C=O) groups excluding carboxylic acids is 1. The molecule has 2 atom stereocenters. The van der Waals surface area contributed by atoms with Gasteiger partial charge in [-0.3, -0.25) is 4.79 Å². The lowest BCUT2D eigenvalue weighted by atomic mass is 10.0. The van der Waals surface area contributed by atoms with Gasteiger partial charge in [0.25, 0.3) is 5.91 Å². The summed E-state index contributed by atoms with van der Waals surface area (Å²) >= 11 is 0. The Labute approximate surface area is 185 Å². The summed E-state index contributed by atoms with van der Waals surface area (Å²) in [4.78, 5) is 26.5. The number of H-pyrrole nitrogens is 1. The van der Waals surface area contributed by atoms with Gasteiger partial charge in [0.2, 0.25) is 17.7 Å². The summed E-state index contributed by atoms with van der Waals surface area (Å²) in [6.45, 7) is 4.96. The molecule has 2 aromatic heterocycles. The van der Waals surface area contributed by atoms with Crippen LogP contribution in [0.4, 0.5) is 5.95 Å². The molecule has 4 heterocycles. The fourth-order valence-electron chi connectivity index (χ4n) is 4.63. The summed E-state index contributed by atoms with van der Waals surface area (Å²) in [5.74, 6) is 2.30. The van der Waals surface area contributed by atoms with Gasteiger partial charge in [-0.05, 0) is 13.0 Å². The largest absolute Gasteiger partial charge is 0.481 e. The molecule has 0 spiro atoms. The predicted molar refractivity (Wildman–Crippen MR) is 117 cm³/mol. The molecule has 1 N–H and O–H groups in total. The second-order valence-corrected chi connectivity index (χ2v) is 8.29. The lowest BCUT2D eigenvalue weighted by Gasteiger charge is -2.23. The summed E-state index contributed by atoms with van der Waals surface area (Å²) in [5, 5.41) is 10.7. The monoisotopic (exact) mass is 435 g/mol. The maximum absolute atomic E-state index is 13.5. The Kier molecular flexibility index (Phi) is 5.12. The number of aryl methyl sites for hydroxylation is 1. The number of likely N-dealkylation sites (tertiary alicyclic amines) is 1. The van der Waals surface area contributed by atoms with E-state index in [-0.39, 0.29) is 5.91 Å². The van der Waals surface area contributed by atoms with E-state index < -0.39 is 0 Å². The van der Waals surface area contributed by atoms with Gasteiger partial charge in [-0.1, -0.05) is 17.7 Å². The van der Waals surface area contributed by atoms with Gasteiger partial charge in [0, 0.05) is 49.1 Å². The highest BCUT2D eigenvalue weighted by molar-refractivity contribution is 6.00. The highest BCUT2D eigenvalue weighted by Gasteiger charge is 2.43. The summed E-state index contributed by atoms with van der Waals surface area (Å²) in [5.41, 5.74) is 3.17. The molecule has 2 unspecified atom stereocenters. The van der Waals surface area contributed by atoms with Crippen LogP contribution in [-0.4, -0.2) is 76.6 Å². The van der Waals surface area contributed by atoms with Crippen molar-refractivity contribution in [3.63, 3.8) is 0 Å². The number of rotatable bonds is 5. The van der Waals surface area contributed by atoms with E-state index in [2.05, 4.69) is 30.3 Å². The second-order valence-electron chi connectivity index (χ2n) is 8.29. The number of aromatic amines is 1. The Balaban J connectivity index is 1.33. The zero-order valence-corrected chi connectivity index (χ0v) is 18.3. The van der Waals surface area contributed by atoms with Gasteiger partial charge in [0.1, 0.15) is 5.69 Å². The molecule has 10 nitrogen and oxygen atoms in total. The van der Waals surface area contributed by atoms with Crippen LogP contribution in [0.1, 0.15) is 15.9 Å². The van der Waals surface area contributed by atoms with Gasteiger partial charge in [0.05, 0.1) is 26.5 Å². The molecule has 0 bridgehead atoms. The predicted octanol–water partition coefficient (Wildman–Crippen LogP) is 1.80. The molecule has 10 heteroatoms. The van der Waals surface area contributed by atoms with Crippen molar-refractivity contribution in [3.05, 3.63) is 41.6 Å². The average Bonchev–Trinajstić information content (AvgIpc) is 3.55. The lowest BCUT2D eigenvalue weighted by Crippen LogP contribution is -2.34. The van der Waals surface area contributed by atoms with E-state index in [1.54, 1.807) is 26.5 Å². The third kappa shape index (κ3) is 3.61. The Morgan fingerprint density at radius 3 is 2.31 bits per heavy atom. The van der Waals surface area contributed by atoms with Gasteiger partial charge < -0.3 is 19.3 Å². The molecule has 1 aromatic carbocycles. The number of nitrogens with one attached hydrogen (secondary N) is 1. The van der Waals surface area contributed by atoms with E-state index in [0.717, 1.165) is 24.2 Å². The third-order valence-corrected chi connectivity index (χ3v) is 6.24. The molecule has 166 valence electrons. The minimum absolute atomic E-state index is 0.0342. The molecule has 32 heavy (non-hydrogen) atoms. The van der Waals surface area contributed by atoms with Crippen LogP contribution < -0.4 is 14.4 Å². The van der Waals surface area contributed by atoms with Crippen LogP contribution in [0, 0.1) is 18.8 Å². The van der Waals surface area contributed by atoms with E-state index in [0.29, 0.717) is 53.9 Å². The number of methoxy groups -OCH3 is 2. The topological polar surface area (TPSA) is 109 Å². The van der Waals surface area contributed by atoms with Crippen molar-refractivity contribution < 1.29 is 14.3 Å². The van der Waals surface area contributed by atoms with Crippen molar-refractivity contribution in [3.8, 4) is 23.0 Å². The first-order chi connectivity index (χ1) is 15.6. The number of anilines is 1. The van der Waals surface area contributed by atoms with E-state index in [4.69, 9.17) is 9.47 Å². The summed E-state index contributed by atoms with van der Waals surface area (Å²) in [6, 6.07) is 7.52. The van der Waals surface area contributed by atoms with Crippen LogP contribution in [0.15, 0.2) is 30.5 Å². The van der Waals surface area contributed by atoms with Crippen molar-refractivity contribution in [1.29, 1.82) is 0 Å². The van der Waals surface area contributed by atoms with Gasteiger partial charge in [0.15, 0.2) is 0 Å². The fourth-order valence-corrected chi connectivity index (χ4v) is 4.63. The molecular formula is C22H25N7O3. The van der Waals surface area contributed by atoms with Crippen molar-refractivity contribution in [2.75, 3.05) is 45.3 Å². The Morgan fingerprint density at radius 1 is 1.03 bits per heavy atom. The Morgan fingerprint density at radius 2 is 1.72 bits per heavy atom. The number of carbonyl (C=O) groups is 1.